The first-order chi connectivity index (χ1) is 13.3. The van der Waals surface area contributed by atoms with Gasteiger partial charge in [-0.1, -0.05) is 24.3 Å². The highest BCUT2D eigenvalue weighted by molar-refractivity contribution is 5.80. The van der Waals surface area contributed by atoms with Gasteiger partial charge in [-0.3, -0.25) is 9.59 Å². The molecule has 2 rings (SSSR count). The first-order valence-corrected chi connectivity index (χ1v) is 9.20. The van der Waals surface area contributed by atoms with E-state index >= 15 is 0 Å². The lowest BCUT2D eigenvalue weighted by Gasteiger charge is -2.18. The van der Waals surface area contributed by atoms with E-state index in [-0.39, 0.29) is 25.5 Å². The molecule has 28 heavy (non-hydrogen) atoms. The molecule has 0 N–H and O–H groups in total. The number of hydrogen-bond acceptors (Lipinski definition) is 5. The Labute approximate surface area is 166 Å². The number of anilines is 1. The first kappa shape index (κ1) is 21.3. The van der Waals surface area contributed by atoms with Crippen molar-refractivity contribution in [2.45, 2.75) is 19.9 Å². The van der Waals surface area contributed by atoms with Gasteiger partial charge in [-0.05, 0) is 42.3 Å². The van der Waals surface area contributed by atoms with Crippen molar-refractivity contribution in [3.63, 3.8) is 0 Å². The zero-order valence-electron chi connectivity index (χ0n) is 17.0. The zero-order valence-corrected chi connectivity index (χ0v) is 17.0. The number of nitrogens with zero attached hydrogens (tertiary/aromatic N) is 2. The maximum atomic E-state index is 12.2. The Kier molecular flexibility index (Phi) is 7.87. The second-order valence-corrected chi connectivity index (χ2v) is 6.89. The van der Waals surface area contributed by atoms with Crippen LogP contribution < -0.4 is 9.64 Å². The first-order valence-electron chi connectivity index (χ1n) is 9.20. The van der Waals surface area contributed by atoms with Crippen molar-refractivity contribution < 1.29 is 19.1 Å². The summed E-state index contributed by atoms with van der Waals surface area (Å²) in [6.07, 6.45) is 0.0942. The van der Waals surface area contributed by atoms with Gasteiger partial charge in [-0.25, -0.2) is 0 Å². The number of amides is 1. The number of carbonyl (C=O) groups excluding carboxylic acids is 2. The second kappa shape index (κ2) is 10.3. The molecule has 0 atom stereocenters. The minimum Gasteiger partial charge on any atom is -0.493 e. The van der Waals surface area contributed by atoms with Crippen LogP contribution in [0.4, 0.5) is 5.69 Å². The molecule has 0 spiro atoms. The van der Waals surface area contributed by atoms with E-state index in [1.165, 1.54) is 0 Å². The monoisotopic (exact) mass is 384 g/mol. The summed E-state index contributed by atoms with van der Waals surface area (Å²) < 4.78 is 10.6. The van der Waals surface area contributed by atoms with Crippen LogP contribution in [0.1, 0.15) is 17.5 Å². The standard InChI is InChI=1S/C22H28N2O4/c1-17-6-5-7-20(14-17)27-13-12-22(26)28-16-21(25)24(4)15-18-8-10-19(11-9-18)23(2)3/h5-11,14H,12-13,15-16H2,1-4H3. The number of benzene rings is 2. The van der Waals surface area contributed by atoms with Crippen molar-refractivity contribution in [3.05, 3.63) is 59.7 Å². The number of likely N-dealkylation sites (N-methyl/N-ethyl adjacent to an activating group) is 1. The average Bonchev–Trinajstić information content (AvgIpc) is 2.66. The average molecular weight is 384 g/mol. The highest BCUT2D eigenvalue weighted by Gasteiger charge is 2.13. The Balaban J connectivity index is 1.69. The van der Waals surface area contributed by atoms with E-state index in [1.807, 2.05) is 74.4 Å². The third-order valence-corrected chi connectivity index (χ3v) is 4.22. The van der Waals surface area contributed by atoms with Crippen LogP contribution in [0.3, 0.4) is 0 Å². The van der Waals surface area contributed by atoms with E-state index < -0.39 is 5.97 Å². The number of ether oxygens (including phenoxy) is 2. The molecular formula is C22H28N2O4. The lowest BCUT2D eigenvalue weighted by molar-refractivity contribution is -0.152. The molecule has 2 aromatic rings. The van der Waals surface area contributed by atoms with Crippen LogP contribution in [0.25, 0.3) is 0 Å². The van der Waals surface area contributed by atoms with Crippen molar-refractivity contribution >= 4 is 17.6 Å². The molecule has 0 fully saturated rings. The Bertz CT molecular complexity index is 787. The van der Waals surface area contributed by atoms with Gasteiger partial charge in [0.25, 0.3) is 5.91 Å². The molecule has 1 amide bonds. The summed E-state index contributed by atoms with van der Waals surface area (Å²) in [6, 6.07) is 15.6. The lowest BCUT2D eigenvalue weighted by atomic mass is 10.2. The van der Waals surface area contributed by atoms with Gasteiger partial charge in [-0.2, -0.15) is 0 Å². The number of aryl methyl sites for hydroxylation is 1. The van der Waals surface area contributed by atoms with E-state index in [0.717, 1.165) is 16.8 Å². The summed E-state index contributed by atoms with van der Waals surface area (Å²) in [5, 5.41) is 0. The van der Waals surface area contributed by atoms with E-state index in [0.29, 0.717) is 12.3 Å². The van der Waals surface area contributed by atoms with Crippen LogP contribution in [0, 0.1) is 6.92 Å². The molecular weight excluding hydrogens is 356 g/mol. The smallest absolute Gasteiger partial charge is 0.309 e. The maximum absolute atomic E-state index is 12.2. The summed E-state index contributed by atoms with van der Waals surface area (Å²) in [4.78, 5) is 27.5. The molecule has 0 aliphatic heterocycles. The van der Waals surface area contributed by atoms with Crippen molar-refractivity contribution in [3.8, 4) is 5.75 Å². The zero-order chi connectivity index (χ0) is 20.5. The fourth-order valence-corrected chi connectivity index (χ4v) is 2.54. The van der Waals surface area contributed by atoms with Gasteiger partial charge in [0.2, 0.25) is 0 Å². The van der Waals surface area contributed by atoms with Gasteiger partial charge < -0.3 is 19.3 Å². The SMILES string of the molecule is Cc1cccc(OCCC(=O)OCC(=O)N(C)Cc2ccc(N(C)C)cc2)c1. The Morgan fingerprint density at radius 1 is 1.00 bits per heavy atom. The van der Waals surface area contributed by atoms with Gasteiger partial charge in [0.1, 0.15) is 5.75 Å². The van der Waals surface area contributed by atoms with Gasteiger partial charge in [0.15, 0.2) is 6.61 Å². The van der Waals surface area contributed by atoms with Gasteiger partial charge in [0, 0.05) is 33.4 Å². The maximum Gasteiger partial charge on any atom is 0.309 e. The molecule has 0 heterocycles. The summed E-state index contributed by atoms with van der Waals surface area (Å²) in [5.41, 5.74) is 3.20. The van der Waals surface area contributed by atoms with Crippen molar-refractivity contribution in [1.29, 1.82) is 0 Å². The summed E-state index contributed by atoms with van der Waals surface area (Å²) in [5.74, 6) is 0.0123. The van der Waals surface area contributed by atoms with Crippen molar-refractivity contribution in [2.75, 3.05) is 39.3 Å². The van der Waals surface area contributed by atoms with E-state index in [2.05, 4.69) is 0 Å². The molecule has 6 nitrogen and oxygen atoms in total. The molecule has 0 saturated heterocycles. The normalized spacial score (nSPS) is 10.3. The fourth-order valence-electron chi connectivity index (χ4n) is 2.54. The third-order valence-electron chi connectivity index (χ3n) is 4.22. The van der Waals surface area contributed by atoms with Gasteiger partial charge >= 0.3 is 5.97 Å². The predicted octanol–water partition coefficient (Wildman–Crippen LogP) is 3.03. The topological polar surface area (TPSA) is 59.1 Å². The van der Waals surface area contributed by atoms with Crippen molar-refractivity contribution in [2.24, 2.45) is 0 Å². The largest absolute Gasteiger partial charge is 0.493 e. The molecule has 150 valence electrons. The van der Waals surface area contributed by atoms with E-state index in [4.69, 9.17) is 9.47 Å². The Hall–Kier alpha value is -3.02. The molecule has 0 saturated carbocycles. The van der Waals surface area contributed by atoms with Crippen LogP contribution in [-0.4, -0.2) is 51.1 Å². The van der Waals surface area contributed by atoms with E-state index in [1.54, 1.807) is 11.9 Å². The molecule has 0 aliphatic rings. The third kappa shape index (κ3) is 6.95. The summed E-state index contributed by atoms with van der Waals surface area (Å²) in [6.45, 7) is 2.38. The van der Waals surface area contributed by atoms with E-state index in [9.17, 15) is 9.59 Å². The van der Waals surface area contributed by atoms with Crippen LogP contribution in [0.5, 0.6) is 5.75 Å². The van der Waals surface area contributed by atoms with Crippen LogP contribution in [0.2, 0.25) is 0 Å². The van der Waals surface area contributed by atoms with Crippen molar-refractivity contribution in [1.82, 2.24) is 4.90 Å². The number of hydrogen-bond donors (Lipinski definition) is 0. The quantitative estimate of drug-likeness (QED) is 0.622. The van der Waals surface area contributed by atoms with Crippen LogP contribution in [-0.2, 0) is 20.9 Å². The van der Waals surface area contributed by atoms with Crippen LogP contribution >= 0.6 is 0 Å². The van der Waals surface area contributed by atoms with Gasteiger partial charge in [-0.15, -0.1) is 0 Å². The number of carbonyl (C=O) groups is 2. The summed E-state index contributed by atoms with van der Waals surface area (Å²) in [7, 11) is 5.65. The molecule has 0 aliphatic carbocycles. The molecule has 6 heteroatoms. The highest BCUT2D eigenvalue weighted by Crippen LogP contribution is 2.14. The van der Waals surface area contributed by atoms with Gasteiger partial charge in [0.05, 0.1) is 13.0 Å². The minimum atomic E-state index is -0.454. The highest BCUT2D eigenvalue weighted by atomic mass is 16.5. The Morgan fingerprint density at radius 3 is 2.36 bits per heavy atom. The number of rotatable bonds is 9. The molecule has 2 aromatic carbocycles. The molecule has 0 radical (unpaired) electrons. The minimum absolute atomic E-state index is 0.0942. The Morgan fingerprint density at radius 2 is 1.71 bits per heavy atom. The number of esters is 1. The predicted molar refractivity (Wildman–Crippen MR) is 109 cm³/mol. The molecule has 0 aromatic heterocycles. The molecule has 0 bridgehead atoms. The van der Waals surface area contributed by atoms with Crippen LogP contribution in [0.15, 0.2) is 48.5 Å². The lowest BCUT2D eigenvalue weighted by Crippen LogP contribution is -2.31. The molecule has 0 unspecified atom stereocenters. The fraction of sp³-hybridized carbons (Fsp3) is 0.364. The summed E-state index contributed by atoms with van der Waals surface area (Å²) >= 11 is 0. The second-order valence-electron chi connectivity index (χ2n) is 6.89.